The van der Waals surface area contributed by atoms with Gasteiger partial charge in [0.15, 0.2) is 0 Å². The van der Waals surface area contributed by atoms with Crippen LogP contribution in [0.2, 0.25) is 0 Å². The summed E-state index contributed by atoms with van der Waals surface area (Å²) in [6.45, 7) is 4.76. The van der Waals surface area contributed by atoms with Gasteiger partial charge >= 0.3 is 23.0 Å². The highest BCUT2D eigenvalue weighted by Crippen LogP contribution is 2.39. The van der Waals surface area contributed by atoms with Crippen molar-refractivity contribution in [3.8, 4) is 0 Å². The van der Waals surface area contributed by atoms with E-state index in [0.29, 0.717) is 0 Å². The number of hydrogen-bond acceptors (Lipinski definition) is 8. The van der Waals surface area contributed by atoms with E-state index in [1.54, 1.807) is 0 Å². The summed E-state index contributed by atoms with van der Waals surface area (Å²) < 4.78 is 4.81. The van der Waals surface area contributed by atoms with Crippen molar-refractivity contribution >= 4 is 23.0 Å². The van der Waals surface area contributed by atoms with Crippen molar-refractivity contribution in [3.05, 3.63) is 60.2 Å². The molecular formula is C13H13N3O8. The van der Waals surface area contributed by atoms with Crippen molar-refractivity contribution in [1.82, 2.24) is 0 Å². The summed E-state index contributed by atoms with van der Waals surface area (Å²) in [5.74, 6) is -0.626. The minimum absolute atomic E-state index is 0.0291. The Bertz CT molecular complexity index is 728. The molecule has 24 heavy (non-hydrogen) atoms. The lowest BCUT2D eigenvalue weighted by Crippen LogP contribution is -2.08. The van der Waals surface area contributed by atoms with Crippen LogP contribution in [-0.2, 0) is 16.0 Å². The molecule has 0 saturated heterocycles. The second kappa shape index (κ2) is 7.76. The monoisotopic (exact) mass is 339 g/mol. The fourth-order valence-corrected chi connectivity index (χ4v) is 1.89. The van der Waals surface area contributed by atoms with E-state index in [1.807, 2.05) is 0 Å². The van der Waals surface area contributed by atoms with Crippen LogP contribution in [0.4, 0.5) is 17.1 Å². The molecule has 11 nitrogen and oxygen atoms in total. The molecule has 11 heteroatoms. The highest BCUT2D eigenvalue weighted by molar-refractivity contribution is 5.86. The molecule has 0 aliphatic heterocycles. The van der Waals surface area contributed by atoms with Gasteiger partial charge in [-0.05, 0) is 25.8 Å². The molecule has 0 amide bonds. The Labute approximate surface area is 135 Å². The van der Waals surface area contributed by atoms with E-state index >= 15 is 0 Å². The Morgan fingerprint density at radius 1 is 1.08 bits per heavy atom. The first-order chi connectivity index (χ1) is 11.2. The van der Waals surface area contributed by atoms with Gasteiger partial charge in [0, 0.05) is 17.2 Å². The molecule has 0 N–H and O–H groups in total. The molecule has 0 aromatic heterocycles. The van der Waals surface area contributed by atoms with Crippen LogP contribution >= 0.6 is 0 Å². The highest BCUT2D eigenvalue weighted by Gasteiger charge is 2.38. The van der Waals surface area contributed by atoms with Crippen LogP contribution in [0.1, 0.15) is 18.9 Å². The summed E-state index contributed by atoms with van der Waals surface area (Å²) in [6.07, 6.45) is 0.118. The number of carbonyl (C=O) groups excluding carboxylic acids is 1. The molecule has 0 radical (unpaired) electrons. The summed E-state index contributed by atoms with van der Waals surface area (Å²) in [7, 11) is 0. The largest absolute Gasteiger partial charge is 0.462 e. The van der Waals surface area contributed by atoms with Gasteiger partial charge in [-0.1, -0.05) is 6.58 Å². The zero-order valence-corrected chi connectivity index (χ0v) is 12.6. The molecule has 128 valence electrons. The van der Waals surface area contributed by atoms with Gasteiger partial charge in [-0.2, -0.15) is 0 Å². The number of ether oxygens (including phenoxy) is 1. The molecule has 0 unspecified atom stereocenters. The number of rotatable bonds is 8. The second-order valence-corrected chi connectivity index (χ2v) is 4.73. The number of benzene rings is 1. The van der Waals surface area contributed by atoms with E-state index in [9.17, 15) is 35.1 Å². The Hall–Kier alpha value is -3.37. The molecule has 0 heterocycles. The number of hydrogen-bond donors (Lipinski definition) is 0. The van der Waals surface area contributed by atoms with E-state index in [2.05, 4.69) is 6.58 Å². The molecule has 1 rings (SSSR count). The van der Waals surface area contributed by atoms with Crippen molar-refractivity contribution in [2.24, 2.45) is 0 Å². The van der Waals surface area contributed by atoms with Crippen LogP contribution in [-0.4, -0.2) is 27.3 Å². The van der Waals surface area contributed by atoms with E-state index in [4.69, 9.17) is 4.74 Å². The van der Waals surface area contributed by atoms with Gasteiger partial charge in [0.1, 0.15) is 0 Å². The summed E-state index contributed by atoms with van der Waals surface area (Å²) in [5.41, 5.74) is -2.92. The van der Waals surface area contributed by atoms with Crippen molar-refractivity contribution in [3.63, 3.8) is 0 Å². The summed E-state index contributed by atoms with van der Waals surface area (Å²) >= 11 is 0. The van der Waals surface area contributed by atoms with Gasteiger partial charge in [-0.25, -0.2) is 4.79 Å². The molecular weight excluding hydrogens is 326 g/mol. The molecule has 0 fully saturated rings. The third-order valence-corrected chi connectivity index (χ3v) is 2.95. The van der Waals surface area contributed by atoms with Crippen molar-refractivity contribution in [1.29, 1.82) is 0 Å². The maximum Gasteiger partial charge on any atom is 0.422 e. The fourth-order valence-electron chi connectivity index (χ4n) is 1.89. The second-order valence-electron chi connectivity index (χ2n) is 4.73. The predicted molar refractivity (Wildman–Crippen MR) is 80.5 cm³/mol. The summed E-state index contributed by atoms with van der Waals surface area (Å²) in [6, 6.07) is 1.93. The van der Waals surface area contributed by atoms with Gasteiger partial charge in [0.2, 0.25) is 0 Å². The average molecular weight is 339 g/mol. The molecule has 0 bridgehead atoms. The van der Waals surface area contributed by atoms with Crippen LogP contribution in [0.15, 0.2) is 24.3 Å². The van der Waals surface area contributed by atoms with Gasteiger partial charge in [-0.3, -0.25) is 30.3 Å². The third kappa shape index (κ3) is 4.32. The molecule has 0 aliphatic carbocycles. The lowest BCUT2D eigenvalue weighted by molar-refractivity contribution is -0.441. The Morgan fingerprint density at radius 2 is 1.67 bits per heavy atom. The van der Waals surface area contributed by atoms with Crippen LogP contribution in [0.3, 0.4) is 0 Å². The maximum atomic E-state index is 11.2. The third-order valence-electron chi connectivity index (χ3n) is 2.95. The number of nitrogens with zero attached hydrogens (tertiary/aromatic N) is 3. The first kappa shape index (κ1) is 18.7. The van der Waals surface area contributed by atoms with Crippen LogP contribution < -0.4 is 0 Å². The standard InChI is InChI=1S/C13H13N3O8/c1-8(2)13(17)24-7-3-4-9-5-6-10(14(18)19)12(16(22)23)11(9)15(20)21/h5-6H,1,3-4,7H2,2H3. The van der Waals surface area contributed by atoms with E-state index in [-0.39, 0.29) is 30.6 Å². The zero-order valence-electron chi connectivity index (χ0n) is 12.6. The molecule has 1 aromatic rings. The number of carbonyl (C=O) groups is 1. The first-order valence-corrected chi connectivity index (χ1v) is 6.58. The van der Waals surface area contributed by atoms with Crippen LogP contribution in [0.5, 0.6) is 0 Å². The first-order valence-electron chi connectivity index (χ1n) is 6.58. The van der Waals surface area contributed by atoms with Gasteiger partial charge in [0.05, 0.1) is 21.4 Å². The van der Waals surface area contributed by atoms with Gasteiger partial charge in [-0.15, -0.1) is 0 Å². The molecule has 0 aliphatic rings. The van der Waals surface area contributed by atoms with E-state index in [0.717, 1.165) is 12.1 Å². The summed E-state index contributed by atoms with van der Waals surface area (Å²) in [4.78, 5) is 40.9. The lowest BCUT2D eigenvalue weighted by Gasteiger charge is -2.05. The molecule has 0 spiro atoms. The average Bonchev–Trinajstić information content (AvgIpc) is 2.49. The Kier molecular flexibility index (Phi) is 6.04. The Morgan fingerprint density at radius 3 is 2.12 bits per heavy atom. The minimum atomic E-state index is -1.17. The fraction of sp³-hybridized carbons (Fsp3) is 0.308. The van der Waals surface area contributed by atoms with Crippen LogP contribution in [0.25, 0.3) is 0 Å². The topological polar surface area (TPSA) is 156 Å². The van der Waals surface area contributed by atoms with E-state index in [1.165, 1.54) is 6.92 Å². The predicted octanol–water partition coefficient (Wildman–Crippen LogP) is 2.46. The SMILES string of the molecule is C=C(C)C(=O)OCCCc1ccc([N+](=O)[O-])c([N+](=O)[O-])c1[N+](=O)[O-]. The van der Waals surface area contributed by atoms with E-state index < -0.39 is 37.8 Å². The number of aryl methyl sites for hydroxylation is 1. The number of nitro benzene ring substituents is 3. The highest BCUT2D eigenvalue weighted by atomic mass is 16.6. The normalized spacial score (nSPS) is 10.0. The number of esters is 1. The van der Waals surface area contributed by atoms with Crippen molar-refractivity contribution in [2.45, 2.75) is 19.8 Å². The van der Waals surface area contributed by atoms with Gasteiger partial charge in [0.25, 0.3) is 0 Å². The quantitative estimate of drug-likeness (QED) is 0.230. The van der Waals surface area contributed by atoms with Crippen LogP contribution in [0, 0.1) is 30.3 Å². The van der Waals surface area contributed by atoms with Crippen molar-refractivity contribution < 1.29 is 24.3 Å². The number of nitro groups is 3. The lowest BCUT2D eigenvalue weighted by atomic mass is 10.1. The smallest absolute Gasteiger partial charge is 0.422 e. The minimum Gasteiger partial charge on any atom is -0.462 e. The summed E-state index contributed by atoms with van der Waals surface area (Å²) in [5, 5.41) is 33.0. The molecule has 0 saturated carbocycles. The Balaban J connectivity index is 3.07. The molecule has 1 aromatic carbocycles. The van der Waals surface area contributed by atoms with Gasteiger partial charge < -0.3 is 4.74 Å². The zero-order chi connectivity index (χ0) is 18.4. The van der Waals surface area contributed by atoms with Crippen molar-refractivity contribution in [2.75, 3.05) is 6.61 Å². The maximum absolute atomic E-state index is 11.2. The molecule has 0 atom stereocenters.